The van der Waals surface area contributed by atoms with Crippen LogP contribution in [-0.2, 0) is 0 Å². The zero-order valence-electron chi connectivity index (χ0n) is 13.0. The van der Waals surface area contributed by atoms with Crippen molar-refractivity contribution in [3.8, 4) is 29.2 Å². The van der Waals surface area contributed by atoms with Crippen molar-refractivity contribution in [2.45, 2.75) is 13.3 Å². The van der Waals surface area contributed by atoms with E-state index in [9.17, 15) is 0 Å². The molecule has 0 bridgehead atoms. The van der Waals surface area contributed by atoms with Gasteiger partial charge in [0.2, 0.25) is 0 Å². The second-order valence-corrected chi connectivity index (χ2v) is 4.82. The largest absolute Gasteiger partial charge is 0.497 e. The predicted molar refractivity (Wildman–Crippen MR) is 95.1 cm³/mol. The number of terminal acetylenes is 1. The molecule has 1 nitrogen and oxygen atoms in total. The van der Waals surface area contributed by atoms with Gasteiger partial charge in [-0.2, -0.15) is 0 Å². The van der Waals surface area contributed by atoms with Crippen LogP contribution in [0.5, 0.6) is 5.75 Å². The molecule has 1 heteroatoms. The van der Waals surface area contributed by atoms with Gasteiger partial charge in [-0.05, 0) is 34.0 Å². The molecule has 0 aliphatic rings. The van der Waals surface area contributed by atoms with Gasteiger partial charge in [-0.3, -0.25) is 0 Å². The van der Waals surface area contributed by atoms with Gasteiger partial charge in [0.05, 0.1) is 7.11 Å². The van der Waals surface area contributed by atoms with Gasteiger partial charge in [-0.15, -0.1) is 12.3 Å². The Balaban J connectivity index is 0.000000396. The standard InChI is InChI=1S/C17H14O.C4H6/c1-18-15-9-4-8-14(12-15)17-11-5-7-13-6-2-3-10-16(13)17;1-3-4-2/h2-12H,1H3;1H,4H2,2H3. The molecule has 3 aromatic carbocycles. The number of methoxy groups -OCH3 is 1. The average Bonchev–Trinajstić information content (AvgIpc) is 2.61. The Bertz CT molecular complexity index is 776. The lowest BCUT2D eigenvalue weighted by atomic mass is 9.98. The molecule has 0 saturated heterocycles. The second-order valence-electron chi connectivity index (χ2n) is 4.82. The molecule has 110 valence electrons. The van der Waals surface area contributed by atoms with Crippen molar-refractivity contribution in [3.05, 3.63) is 66.7 Å². The van der Waals surface area contributed by atoms with E-state index in [4.69, 9.17) is 11.2 Å². The van der Waals surface area contributed by atoms with E-state index in [1.54, 1.807) is 7.11 Å². The molecule has 0 atom stereocenters. The summed E-state index contributed by atoms with van der Waals surface area (Å²) in [5.41, 5.74) is 2.43. The molecule has 0 radical (unpaired) electrons. The van der Waals surface area contributed by atoms with Gasteiger partial charge >= 0.3 is 0 Å². The molecule has 0 fully saturated rings. The van der Waals surface area contributed by atoms with Gasteiger partial charge in [0.25, 0.3) is 0 Å². The van der Waals surface area contributed by atoms with E-state index >= 15 is 0 Å². The molecule has 0 aliphatic heterocycles. The van der Waals surface area contributed by atoms with E-state index in [0.29, 0.717) is 0 Å². The van der Waals surface area contributed by atoms with Crippen molar-refractivity contribution in [3.63, 3.8) is 0 Å². The molecule has 3 rings (SSSR count). The lowest BCUT2D eigenvalue weighted by Crippen LogP contribution is -1.85. The summed E-state index contributed by atoms with van der Waals surface area (Å²) < 4.78 is 5.29. The van der Waals surface area contributed by atoms with Crippen LogP contribution in [-0.4, -0.2) is 7.11 Å². The van der Waals surface area contributed by atoms with Gasteiger partial charge in [0, 0.05) is 6.42 Å². The predicted octanol–water partition coefficient (Wildman–Crippen LogP) is 5.55. The lowest BCUT2D eigenvalue weighted by molar-refractivity contribution is 0.415. The maximum absolute atomic E-state index is 5.29. The Hall–Kier alpha value is -2.72. The van der Waals surface area contributed by atoms with Crippen LogP contribution in [0.3, 0.4) is 0 Å². The highest BCUT2D eigenvalue weighted by Crippen LogP contribution is 2.30. The summed E-state index contributed by atoms with van der Waals surface area (Å²) in [5, 5.41) is 2.53. The lowest BCUT2D eigenvalue weighted by Gasteiger charge is -2.08. The third-order valence-electron chi connectivity index (χ3n) is 3.37. The summed E-state index contributed by atoms with van der Waals surface area (Å²) in [4.78, 5) is 0. The normalized spacial score (nSPS) is 9.50. The fourth-order valence-corrected chi connectivity index (χ4v) is 2.27. The van der Waals surface area contributed by atoms with Gasteiger partial charge in [-0.1, -0.05) is 61.5 Å². The smallest absolute Gasteiger partial charge is 0.119 e. The van der Waals surface area contributed by atoms with Crippen molar-refractivity contribution < 1.29 is 4.74 Å². The summed E-state index contributed by atoms with van der Waals surface area (Å²) in [5.74, 6) is 3.32. The maximum atomic E-state index is 5.29. The van der Waals surface area contributed by atoms with Crippen molar-refractivity contribution in [1.29, 1.82) is 0 Å². The Morgan fingerprint density at radius 2 is 1.64 bits per heavy atom. The fraction of sp³-hybridized carbons (Fsp3) is 0.143. The van der Waals surface area contributed by atoms with E-state index in [2.05, 4.69) is 60.5 Å². The molecule has 0 amide bonds. The first-order chi connectivity index (χ1) is 10.8. The summed E-state index contributed by atoms with van der Waals surface area (Å²) in [7, 11) is 1.70. The van der Waals surface area contributed by atoms with Gasteiger partial charge in [-0.25, -0.2) is 0 Å². The number of benzene rings is 3. The molecule has 0 spiro atoms. The van der Waals surface area contributed by atoms with E-state index in [1.165, 1.54) is 21.9 Å². The van der Waals surface area contributed by atoms with E-state index in [1.807, 2.05) is 19.1 Å². The zero-order chi connectivity index (χ0) is 15.8. The highest BCUT2D eigenvalue weighted by molar-refractivity contribution is 5.96. The highest BCUT2D eigenvalue weighted by atomic mass is 16.5. The SMILES string of the molecule is C#CCC.COc1cccc(-c2cccc3ccccc23)c1. The first kappa shape index (κ1) is 15.7. The van der Waals surface area contributed by atoms with Crippen LogP contribution >= 0.6 is 0 Å². The fourth-order valence-electron chi connectivity index (χ4n) is 2.27. The van der Waals surface area contributed by atoms with Gasteiger partial charge in [0.1, 0.15) is 5.75 Å². The van der Waals surface area contributed by atoms with Crippen molar-refractivity contribution >= 4 is 10.8 Å². The number of rotatable bonds is 2. The molecule has 22 heavy (non-hydrogen) atoms. The average molecular weight is 288 g/mol. The summed E-state index contributed by atoms with van der Waals surface area (Å²) in [6.45, 7) is 1.94. The van der Waals surface area contributed by atoms with Gasteiger partial charge < -0.3 is 4.74 Å². The molecule has 0 aromatic heterocycles. The number of hydrogen-bond donors (Lipinski definition) is 0. The third-order valence-corrected chi connectivity index (χ3v) is 3.37. The monoisotopic (exact) mass is 288 g/mol. The second kappa shape index (κ2) is 7.90. The third kappa shape index (κ3) is 3.68. The quantitative estimate of drug-likeness (QED) is 0.562. The van der Waals surface area contributed by atoms with Crippen LogP contribution in [0.1, 0.15) is 13.3 Å². The summed E-state index contributed by atoms with van der Waals surface area (Å²) in [6.07, 6.45) is 5.62. The Kier molecular flexibility index (Phi) is 5.63. The Morgan fingerprint density at radius 1 is 0.955 bits per heavy atom. The molecule has 0 aliphatic carbocycles. The molecule has 0 saturated carbocycles. The summed E-state index contributed by atoms with van der Waals surface area (Å²) >= 11 is 0. The first-order valence-electron chi connectivity index (χ1n) is 7.35. The molecule has 0 unspecified atom stereocenters. The number of fused-ring (bicyclic) bond motifs is 1. The van der Waals surface area contributed by atoms with Crippen LogP contribution in [0, 0.1) is 12.3 Å². The molecule has 0 heterocycles. The number of hydrogen-bond acceptors (Lipinski definition) is 1. The van der Waals surface area contributed by atoms with Crippen molar-refractivity contribution in [2.75, 3.05) is 7.11 Å². The van der Waals surface area contributed by atoms with Crippen LogP contribution in [0.2, 0.25) is 0 Å². The first-order valence-corrected chi connectivity index (χ1v) is 7.35. The zero-order valence-corrected chi connectivity index (χ0v) is 13.0. The van der Waals surface area contributed by atoms with Gasteiger partial charge in [0.15, 0.2) is 0 Å². The molecule has 0 N–H and O–H groups in total. The highest BCUT2D eigenvalue weighted by Gasteiger charge is 2.03. The van der Waals surface area contributed by atoms with Crippen LogP contribution in [0.15, 0.2) is 66.7 Å². The van der Waals surface area contributed by atoms with Crippen molar-refractivity contribution in [2.24, 2.45) is 0 Å². The molecule has 3 aromatic rings. The minimum Gasteiger partial charge on any atom is -0.497 e. The van der Waals surface area contributed by atoms with Crippen molar-refractivity contribution in [1.82, 2.24) is 0 Å². The maximum Gasteiger partial charge on any atom is 0.119 e. The Morgan fingerprint density at radius 3 is 2.36 bits per heavy atom. The van der Waals surface area contributed by atoms with E-state index in [-0.39, 0.29) is 0 Å². The van der Waals surface area contributed by atoms with Crippen LogP contribution in [0.4, 0.5) is 0 Å². The topological polar surface area (TPSA) is 9.23 Å². The van der Waals surface area contributed by atoms with Crippen LogP contribution < -0.4 is 4.74 Å². The molecular weight excluding hydrogens is 268 g/mol. The molecular formula is C21H20O. The minimum absolute atomic E-state index is 0.847. The minimum atomic E-state index is 0.847. The summed E-state index contributed by atoms with van der Waals surface area (Å²) in [6, 6.07) is 23.0. The van der Waals surface area contributed by atoms with E-state index < -0.39 is 0 Å². The Labute approximate surface area is 132 Å². The van der Waals surface area contributed by atoms with E-state index in [0.717, 1.165) is 12.2 Å². The number of ether oxygens (including phenoxy) is 1. The van der Waals surface area contributed by atoms with Crippen LogP contribution in [0.25, 0.3) is 21.9 Å².